The van der Waals surface area contributed by atoms with Crippen molar-refractivity contribution < 1.29 is 14.3 Å². The molecule has 5 nitrogen and oxygen atoms in total. The van der Waals surface area contributed by atoms with Crippen molar-refractivity contribution in [3.63, 3.8) is 0 Å². The summed E-state index contributed by atoms with van der Waals surface area (Å²) in [6, 6.07) is -0.177. The van der Waals surface area contributed by atoms with Crippen molar-refractivity contribution in [2.45, 2.75) is 52.1 Å². The quantitative estimate of drug-likeness (QED) is 0.734. The second-order valence-electron chi connectivity index (χ2n) is 5.65. The Morgan fingerprint density at radius 3 is 2.47 bits per heavy atom. The Morgan fingerprint density at radius 2 is 1.95 bits per heavy atom. The van der Waals surface area contributed by atoms with E-state index in [-0.39, 0.29) is 5.91 Å². The van der Waals surface area contributed by atoms with Gasteiger partial charge in [-0.05, 0) is 31.1 Å². The van der Waals surface area contributed by atoms with Crippen LogP contribution in [0, 0.1) is 11.8 Å². The molecule has 0 bridgehead atoms. The van der Waals surface area contributed by atoms with Gasteiger partial charge in [-0.15, -0.1) is 0 Å². The molecular weight excluding hydrogens is 244 g/mol. The standard InChI is InChI=1S/C14H26N2O3/c1-9-5-6-12(7-10(9)2)15-8-13(14(18)19-4)16-11(3)17/h9-10,12-13,15H,5-8H2,1-4H3,(H,16,17). The van der Waals surface area contributed by atoms with Crippen molar-refractivity contribution in [2.24, 2.45) is 11.8 Å². The Hall–Kier alpha value is -1.10. The van der Waals surface area contributed by atoms with E-state index in [9.17, 15) is 9.59 Å². The van der Waals surface area contributed by atoms with E-state index < -0.39 is 12.0 Å². The van der Waals surface area contributed by atoms with Crippen LogP contribution in [0.1, 0.15) is 40.0 Å². The lowest BCUT2D eigenvalue weighted by atomic mass is 9.79. The number of ether oxygens (including phenoxy) is 1. The van der Waals surface area contributed by atoms with Crippen LogP contribution in [0.2, 0.25) is 0 Å². The largest absolute Gasteiger partial charge is 0.467 e. The average Bonchev–Trinajstić information content (AvgIpc) is 2.37. The molecule has 1 saturated carbocycles. The van der Waals surface area contributed by atoms with Crippen LogP contribution in [0.3, 0.4) is 0 Å². The summed E-state index contributed by atoms with van der Waals surface area (Å²) in [7, 11) is 1.33. The Morgan fingerprint density at radius 1 is 1.26 bits per heavy atom. The van der Waals surface area contributed by atoms with E-state index in [1.54, 1.807) is 0 Å². The van der Waals surface area contributed by atoms with Gasteiger partial charge < -0.3 is 15.4 Å². The molecule has 0 aromatic rings. The van der Waals surface area contributed by atoms with Crippen molar-refractivity contribution in [3.8, 4) is 0 Å². The molecule has 4 unspecified atom stereocenters. The topological polar surface area (TPSA) is 67.4 Å². The van der Waals surface area contributed by atoms with Crippen LogP contribution in [-0.2, 0) is 14.3 Å². The number of esters is 1. The van der Waals surface area contributed by atoms with Gasteiger partial charge in [-0.2, -0.15) is 0 Å². The molecule has 1 amide bonds. The Labute approximate surface area is 115 Å². The smallest absolute Gasteiger partial charge is 0.329 e. The molecule has 0 radical (unpaired) electrons. The van der Waals surface area contributed by atoms with Crippen molar-refractivity contribution in [1.29, 1.82) is 0 Å². The molecule has 0 spiro atoms. The Balaban J connectivity index is 2.43. The summed E-state index contributed by atoms with van der Waals surface area (Å²) < 4.78 is 4.70. The van der Waals surface area contributed by atoms with Gasteiger partial charge in [-0.1, -0.05) is 13.8 Å². The summed E-state index contributed by atoms with van der Waals surface area (Å²) in [5, 5.41) is 5.99. The zero-order chi connectivity index (χ0) is 14.4. The highest BCUT2D eigenvalue weighted by atomic mass is 16.5. The molecule has 1 aliphatic rings. The van der Waals surface area contributed by atoms with Crippen LogP contribution in [-0.4, -0.2) is 37.6 Å². The van der Waals surface area contributed by atoms with Gasteiger partial charge in [0.2, 0.25) is 5.91 Å². The lowest BCUT2D eigenvalue weighted by molar-refractivity contribution is -0.144. The molecule has 4 atom stereocenters. The second kappa shape index (κ2) is 7.48. The third-order valence-corrected chi connectivity index (χ3v) is 4.07. The number of hydrogen-bond acceptors (Lipinski definition) is 4. The molecule has 19 heavy (non-hydrogen) atoms. The minimum Gasteiger partial charge on any atom is -0.467 e. The predicted molar refractivity (Wildman–Crippen MR) is 73.6 cm³/mol. The van der Waals surface area contributed by atoms with Crippen LogP contribution in [0.5, 0.6) is 0 Å². The van der Waals surface area contributed by atoms with Crippen molar-refractivity contribution in [3.05, 3.63) is 0 Å². The van der Waals surface area contributed by atoms with E-state index >= 15 is 0 Å². The number of methoxy groups -OCH3 is 1. The molecule has 2 N–H and O–H groups in total. The minimum absolute atomic E-state index is 0.220. The van der Waals surface area contributed by atoms with Crippen LogP contribution in [0.15, 0.2) is 0 Å². The van der Waals surface area contributed by atoms with Gasteiger partial charge in [-0.25, -0.2) is 4.79 Å². The highest BCUT2D eigenvalue weighted by Crippen LogP contribution is 2.29. The van der Waals surface area contributed by atoms with E-state index in [1.165, 1.54) is 20.5 Å². The van der Waals surface area contributed by atoms with Crippen LogP contribution in [0.25, 0.3) is 0 Å². The second-order valence-corrected chi connectivity index (χ2v) is 5.65. The van der Waals surface area contributed by atoms with E-state index in [4.69, 9.17) is 4.74 Å². The van der Waals surface area contributed by atoms with E-state index in [2.05, 4.69) is 24.5 Å². The van der Waals surface area contributed by atoms with Gasteiger partial charge in [-0.3, -0.25) is 4.79 Å². The van der Waals surface area contributed by atoms with Gasteiger partial charge >= 0.3 is 5.97 Å². The van der Waals surface area contributed by atoms with Crippen molar-refractivity contribution in [2.75, 3.05) is 13.7 Å². The zero-order valence-corrected chi connectivity index (χ0v) is 12.4. The van der Waals surface area contributed by atoms with Crippen LogP contribution < -0.4 is 10.6 Å². The number of hydrogen-bond donors (Lipinski definition) is 2. The first-order valence-electron chi connectivity index (χ1n) is 7.02. The number of amides is 1. The molecule has 0 saturated heterocycles. The zero-order valence-electron chi connectivity index (χ0n) is 12.4. The molecule has 1 fully saturated rings. The fourth-order valence-corrected chi connectivity index (χ4v) is 2.60. The maximum atomic E-state index is 11.6. The molecular formula is C14H26N2O3. The SMILES string of the molecule is COC(=O)C(CNC1CCC(C)C(C)C1)NC(C)=O. The molecule has 0 heterocycles. The molecule has 1 aliphatic carbocycles. The highest BCUT2D eigenvalue weighted by molar-refractivity contribution is 5.83. The summed E-state index contributed by atoms with van der Waals surface area (Å²) >= 11 is 0. The minimum atomic E-state index is -0.600. The lowest BCUT2D eigenvalue weighted by Crippen LogP contribution is -2.50. The summed E-state index contributed by atoms with van der Waals surface area (Å²) in [5.74, 6) is 0.844. The normalized spacial score (nSPS) is 28.5. The van der Waals surface area contributed by atoms with Gasteiger partial charge in [0.15, 0.2) is 0 Å². The number of nitrogens with one attached hydrogen (secondary N) is 2. The maximum absolute atomic E-state index is 11.6. The Bertz CT molecular complexity index is 320. The summed E-state index contributed by atoms with van der Waals surface area (Å²) in [6.45, 7) is 6.39. The van der Waals surface area contributed by atoms with Gasteiger partial charge in [0.1, 0.15) is 6.04 Å². The molecule has 110 valence electrons. The monoisotopic (exact) mass is 270 g/mol. The van der Waals surface area contributed by atoms with E-state index in [0.29, 0.717) is 18.5 Å². The van der Waals surface area contributed by atoms with Gasteiger partial charge in [0.05, 0.1) is 7.11 Å². The third kappa shape index (κ3) is 5.19. The van der Waals surface area contributed by atoms with Crippen molar-refractivity contribution in [1.82, 2.24) is 10.6 Å². The van der Waals surface area contributed by atoms with Gasteiger partial charge in [0.25, 0.3) is 0 Å². The average molecular weight is 270 g/mol. The number of carbonyl (C=O) groups excluding carboxylic acids is 2. The highest BCUT2D eigenvalue weighted by Gasteiger charge is 2.26. The van der Waals surface area contributed by atoms with Gasteiger partial charge in [0, 0.05) is 19.5 Å². The number of rotatable bonds is 5. The molecule has 0 aromatic carbocycles. The van der Waals surface area contributed by atoms with Crippen molar-refractivity contribution >= 4 is 11.9 Å². The molecule has 1 rings (SSSR count). The molecule has 0 aromatic heterocycles. The fraction of sp³-hybridized carbons (Fsp3) is 0.857. The Kier molecular flexibility index (Phi) is 6.28. The lowest BCUT2D eigenvalue weighted by Gasteiger charge is -2.33. The maximum Gasteiger partial charge on any atom is 0.329 e. The first-order valence-corrected chi connectivity index (χ1v) is 7.02. The summed E-state index contributed by atoms with van der Waals surface area (Å²) in [4.78, 5) is 22.6. The fourth-order valence-electron chi connectivity index (χ4n) is 2.60. The number of carbonyl (C=O) groups is 2. The summed E-state index contributed by atoms with van der Waals surface area (Å²) in [5.41, 5.74) is 0. The first-order chi connectivity index (χ1) is 8.93. The molecule has 5 heteroatoms. The van der Waals surface area contributed by atoms with E-state index in [1.807, 2.05) is 0 Å². The predicted octanol–water partition coefficient (Wildman–Crippen LogP) is 1.08. The van der Waals surface area contributed by atoms with Crippen LogP contribution >= 0.6 is 0 Å². The summed E-state index contributed by atoms with van der Waals surface area (Å²) in [6.07, 6.45) is 3.45. The first kappa shape index (κ1) is 16.0. The molecule has 0 aliphatic heterocycles. The van der Waals surface area contributed by atoms with Crippen LogP contribution in [0.4, 0.5) is 0 Å². The van der Waals surface area contributed by atoms with E-state index in [0.717, 1.165) is 18.8 Å². The third-order valence-electron chi connectivity index (χ3n) is 4.07.